The average molecular weight is 306 g/mol. The summed E-state index contributed by atoms with van der Waals surface area (Å²) in [5.74, 6) is 6.78. The molecule has 2 rings (SSSR count). The van der Waals surface area contributed by atoms with Gasteiger partial charge < -0.3 is 4.74 Å². The summed E-state index contributed by atoms with van der Waals surface area (Å²) in [4.78, 5) is 1.19. The number of hydrazine groups is 1. The van der Waals surface area contributed by atoms with Crippen LogP contribution in [0.4, 0.5) is 4.39 Å². The molecule has 0 spiro atoms. The molecule has 0 radical (unpaired) electrons. The van der Waals surface area contributed by atoms with Gasteiger partial charge in [-0.25, -0.2) is 9.82 Å². The number of halogens is 1. The molecule has 0 heterocycles. The van der Waals surface area contributed by atoms with E-state index in [9.17, 15) is 4.39 Å². The second-order valence-corrected chi connectivity index (χ2v) is 5.83. The number of methoxy groups -OCH3 is 1. The number of thioether (sulfide) groups is 1. The number of nitrogens with one attached hydrogen (secondary N) is 1. The Bertz CT molecular complexity index is 589. The molecule has 0 aliphatic carbocycles. The van der Waals surface area contributed by atoms with E-state index >= 15 is 0 Å². The van der Waals surface area contributed by atoms with Gasteiger partial charge in [0.05, 0.1) is 13.2 Å². The third-order valence-corrected chi connectivity index (χ3v) is 4.10. The smallest absolute Gasteiger partial charge is 0.132 e. The summed E-state index contributed by atoms with van der Waals surface area (Å²) < 4.78 is 19.2. The van der Waals surface area contributed by atoms with Crippen molar-refractivity contribution < 1.29 is 9.13 Å². The lowest BCUT2D eigenvalue weighted by molar-refractivity contribution is 0.410. The fraction of sp³-hybridized carbons (Fsp3) is 0.250. The van der Waals surface area contributed by atoms with E-state index in [-0.39, 0.29) is 5.82 Å². The van der Waals surface area contributed by atoms with Crippen molar-refractivity contribution in [2.45, 2.75) is 17.9 Å². The van der Waals surface area contributed by atoms with Crippen molar-refractivity contribution in [3.63, 3.8) is 0 Å². The zero-order valence-corrected chi connectivity index (χ0v) is 12.9. The van der Waals surface area contributed by atoms with Crippen molar-refractivity contribution in [2.24, 2.45) is 5.84 Å². The van der Waals surface area contributed by atoms with Crippen LogP contribution in [0.3, 0.4) is 0 Å². The first-order valence-electron chi connectivity index (χ1n) is 6.72. The van der Waals surface area contributed by atoms with Crippen molar-refractivity contribution in [2.75, 3.05) is 12.9 Å². The molecule has 2 aromatic carbocycles. The van der Waals surface area contributed by atoms with E-state index in [1.165, 1.54) is 18.1 Å². The second kappa shape index (κ2) is 7.45. The minimum atomic E-state index is -0.392. The van der Waals surface area contributed by atoms with E-state index < -0.39 is 6.04 Å². The first-order chi connectivity index (χ1) is 10.2. The summed E-state index contributed by atoms with van der Waals surface area (Å²) in [5, 5.41) is 0. The lowest BCUT2D eigenvalue weighted by atomic mass is 9.99. The van der Waals surface area contributed by atoms with Gasteiger partial charge in [0.1, 0.15) is 11.6 Å². The zero-order valence-electron chi connectivity index (χ0n) is 12.1. The molecule has 0 fully saturated rings. The lowest BCUT2D eigenvalue weighted by Gasteiger charge is -2.18. The Kier molecular flexibility index (Phi) is 5.61. The normalized spacial score (nSPS) is 12.2. The number of nitrogens with two attached hydrogens (primary N) is 1. The first kappa shape index (κ1) is 15.8. The van der Waals surface area contributed by atoms with Crippen molar-refractivity contribution in [3.8, 4) is 5.75 Å². The fourth-order valence-corrected chi connectivity index (χ4v) is 2.82. The maximum Gasteiger partial charge on any atom is 0.132 e. The van der Waals surface area contributed by atoms with Crippen LogP contribution in [0.2, 0.25) is 0 Å². The Morgan fingerprint density at radius 1 is 1.24 bits per heavy atom. The molecule has 2 aromatic rings. The van der Waals surface area contributed by atoms with E-state index in [2.05, 4.69) is 12.3 Å². The highest BCUT2D eigenvalue weighted by atomic mass is 32.2. The fourth-order valence-electron chi connectivity index (χ4n) is 2.16. The van der Waals surface area contributed by atoms with Crippen LogP contribution < -0.4 is 16.0 Å². The standard InChI is InChI=1S/C16H19FN2OS/c1-3-21-13-7-4-11(5-8-13)16(19-18)14-9-6-12(20-2)10-15(14)17/h4-10,16,19H,3,18H2,1-2H3. The quantitative estimate of drug-likeness (QED) is 0.487. The molecule has 0 amide bonds. The molecule has 112 valence electrons. The molecule has 0 aromatic heterocycles. The van der Waals surface area contributed by atoms with Gasteiger partial charge >= 0.3 is 0 Å². The molecule has 0 aliphatic heterocycles. The predicted octanol–water partition coefficient (Wildman–Crippen LogP) is 3.50. The molecule has 0 bridgehead atoms. The number of hydrogen-bond donors (Lipinski definition) is 2. The summed E-state index contributed by atoms with van der Waals surface area (Å²) >= 11 is 1.76. The van der Waals surface area contributed by atoms with Gasteiger partial charge in [0, 0.05) is 16.5 Å². The highest BCUT2D eigenvalue weighted by molar-refractivity contribution is 7.99. The molecule has 0 aliphatic rings. The average Bonchev–Trinajstić information content (AvgIpc) is 2.51. The van der Waals surface area contributed by atoms with Crippen LogP contribution in [0.1, 0.15) is 24.1 Å². The van der Waals surface area contributed by atoms with Gasteiger partial charge in [-0.15, -0.1) is 11.8 Å². The Hall–Kier alpha value is -1.56. The van der Waals surface area contributed by atoms with Crippen LogP contribution >= 0.6 is 11.8 Å². The van der Waals surface area contributed by atoms with Gasteiger partial charge in [-0.05, 0) is 29.5 Å². The highest BCUT2D eigenvalue weighted by Gasteiger charge is 2.17. The Labute approximate surface area is 128 Å². The van der Waals surface area contributed by atoms with Crippen molar-refractivity contribution in [1.29, 1.82) is 0 Å². The summed E-state index contributed by atoms with van der Waals surface area (Å²) in [7, 11) is 1.51. The lowest BCUT2D eigenvalue weighted by Crippen LogP contribution is -2.29. The van der Waals surface area contributed by atoms with E-state index in [0.717, 1.165) is 11.3 Å². The molecular formula is C16H19FN2OS. The largest absolute Gasteiger partial charge is 0.497 e. The van der Waals surface area contributed by atoms with Crippen LogP contribution in [0.25, 0.3) is 0 Å². The molecule has 1 atom stereocenters. The van der Waals surface area contributed by atoms with Crippen molar-refractivity contribution in [1.82, 2.24) is 5.43 Å². The third-order valence-electron chi connectivity index (χ3n) is 3.21. The monoisotopic (exact) mass is 306 g/mol. The van der Waals surface area contributed by atoms with Crippen LogP contribution in [0, 0.1) is 5.82 Å². The molecule has 5 heteroatoms. The summed E-state index contributed by atoms with van der Waals surface area (Å²) in [5.41, 5.74) is 4.09. The maximum absolute atomic E-state index is 14.2. The second-order valence-electron chi connectivity index (χ2n) is 4.49. The third kappa shape index (κ3) is 3.75. The Morgan fingerprint density at radius 2 is 1.95 bits per heavy atom. The Balaban J connectivity index is 2.30. The molecule has 3 N–H and O–H groups in total. The molecule has 3 nitrogen and oxygen atoms in total. The van der Waals surface area contributed by atoms with E-state index in [4.69, 9.17) is 10.6 Å². The molecule has 0 saturated heterocycles. The number of rotatable bonds is 6. The van der Waals surface area contributed by atoms with Gasteiger partial charge in [-0.1, -0.05) is 25.1 Å². The Morgan fingerprint density at radius 3 is 2.48 bits per heavy atom. The van der Waals surface area contributed by atoms with Gasteiger partial charge in [0.15, 0.2) is 0 Å². The minimum absolute atomic E-state index is 0.343. The van der Waals surface area contributed by atoms with E-state index in [1.807, 2.05) is 24.3 Å². The summed E-state index contributed by atoms with van der Waals surface area (Å²) in [6, 6.07) is 12.4. The van der Waals surface area contributed by atoms with Gasteiger partial charge in [0.2, 0.25) is 0 Å². The van der Waals surface area contributed by atoms with Crippen molar-refractivity contribution >= 4 is 11.8 Å². The van der Waals surface area contributed by atoms with Crippen LogP contribution in [-0.4, -0.2) is 12.9 Å². The SMILES string of the molecule is CCSc1ccc(C(NN)c2ccc(OC)cc2F)cc1. The summed E-state index contributed by atoms with van der Waals surface area (Å²) in [6.07, 6.45) is 0. The molecule has 1 unspecified atom stereocenters. The minimum Gasteiger partial charge on any atom is -0.497 e. The van der Waals surface area contributed by atoms with Crippen LogP contribution in [0.5, 0.6) is 5.75 Å². The summed E-state index contributed by atoms with van der Waals surface area (Å²) in [6.45, 7) is 2.11. The van der Waals surface area contributed by atoms with Gasteiger partial charge in [-0.2, -0.15) is 0 Å². The molecule has 21 heavy (non-hydrogen) atoms. The molecular weight excluding hydrogens is 287 g/mol. The number of benzene rings is 2. The number of ether oxygens (including phenoxy) is 1. The topological polar surface area (TPSA) is 47.3 Å². The highest BCUT2D eigenvalue weighted by Crippen LogP contribution is 2.28. The predicted molar refractivity (Wildman–Crippen MR) is 85.0 cm³/mol. The van der Waals surface area contributed by atoms with E-state index in [1.54, 1.807) is 23.9 Å². The van der Waals surface area contributed by atoms with Gasteiger partial charge in [-0.3, -0.25) is 5.84 Å². The maximum atomic E-state index is 14.2. The van der Waals surface area contributed by atoms with Crippen LogP contribution in [-0.2, 0) is 0 Å². The molecule has 0 saturated carbocycles. The first-order valence-corrected chi connectivity index (χ1v) is 7.70. The van der Waals surface area contributed by atoms with Gasteiger partial charge in [0.25, 0.3) is 0 Å². The van der Waals surface area contributed by atoms with E-state index in [0.29, 0.717) is 11.3 Å². The van der Waals surface area contributed by atoms with Crippen molar-refractivity contribution in [3.05, 3.63) is 59.4 Å². The number of hydrogen-bond acceptors (Lipinski definition) is 4. The van der Waals surface area contributed by atoms with Crippen LogP contribution in [0.15, 0.2) is 47.4 Å². The zero-order chi connectivity index (χ0) is 15.2.